The maximum atomic E-state index is 12.7. The summed E-state index contributed by atoms with van der Waals surface area (Å²) in [5.41, 5.74) is -2.67. The predicted octanol–water partition coefficient (Wildman–Crippen LogP) is 4.22. The largest absolute Gasteiger partial charge is 0.417 e. The third kappa shape index (κ3) is 2.04. The van der Waals surface area contributed by atoms with Gasteiger partial charge in [-0.1, -0.05) is 0 Å². The summed E-state index contributed by atoms with van der Waals surface area (Å²) in [7, 11) is 1.39. The van der Waals surface area contributed by atoms with Gasteiger partial charge < -0.3 is 4.57 Å². The summed E-state index contributed by atoms with van der Waals surface area (Å²) in [4.78, 5) is 0. The van der Waals surface area contributed by atoms with Gasteiger partial charge in [0.05, 0.1) is 11.1 Å². The number of benzene rings is 1. The molecule has 0 radical (unpaired) electrons. The highest BCUT2D eigenvalue weighted by Crippen LogP contribution is 2.40. The van der Waals surface area contributed by atoms with Gasteiger partial charge in [0.2, 0.25) is 0 Å². The van der Waals surface area contributed by atoms with Crippen LogP contribution in [0.25, 0.3) is 10.9 Å². The first-order valence-electron chi connectivity index (χ1n) is 4.84. The number of aromatic nitrogens is 1. The zero-order chi connectivity index (χ0) is 13.7. The van der Waals surface area contributed by atoms with E-state index in [4.69, 9.17) is 0 Å². The van der Waals surface area contributed by atoms with Gasteiger partial charge in [0.25, 0.3) is 0 Å². The van der Waals surface area contributed by atoms with Crippen molar-refractivity contribution < 1.29 is 26.3 Å². The summed E-state index contributed by atoms with van der Waals surface area (Å²) in [6.45, 7) is 0. The van der Waals surface area contributed by atoms with Crippen molar-refractivity contribution in [3.8, 4) is 0 Å². The number of hydrogen-bond donors (Lipinski definition) is 0. The van der Waals surface area contributed by atoms with E-state index in [2.05, 4.69) is 0 Å². The molecule has 0 spiro atoms. The molecule has 18 heavy (non-hydrogen) atoms. The molecule has 1 aromatic heterocycles. The molecule has 0 unspecified atom stereocenters. The predicted molar refractivity (Wildman–Crippen MR) is 52.9 cm³/mol. The van der Waals surface area contributed by atoms with E-state index in [1.165, 1.54) is 17.8 Å². The lowest BCUT2D eigenvalue weighted by atomic mass is 10.1. The Kier molecular flexibility index (Phi) is 2.60. The molecule has 0 atom stereocenters. The summed E-state index contributed by atoms with van der Waals surface area (Å²) < 4.78 is 77.0. The highest BCUT2D eigenvalue weighted by Gasteiger charge is 2.38. The van der Waals surface area contributed by atoms with E-state index in [0.717, 1.165) is 6.07 Å². The summed E-state index contributed by atoms with van der Waals surface area (Å²) in [6.07, 6.45) is -8.33. The van der Waals surface area contributed by atoms with Crippen LogP contribution in [0.3, 0.4) is 0 Å². The molecule has 1 aromatic carbocycles. The Labute approximate surface area is 97.6 Å². The molecule has 0 saturated carbocycles. The van der Waals surface area contributed by atoms with Crippen molar-refractivity contribution in [3.63, 3.8) is 0 Å². The lowest BCUT2D eigenvalue weighted by Gasteiger charge is -2.13. The minimum Gasteiger partial charge on any atom is -0.351 e. The molecular formula is C11H7F6N. The van der Waals surface area contributed by atoms with E-state index in [-0.39, 0.29) is 17.0 Å². The second kappa shape index (κ2) is 3.66. The van der Waals surface area contributed by atoms with Crippen molar-refractivity contribution in [2.45, 2.75) is 12.4 Å². The minimum absolute atomic E-state index is 0.0999. The molecule has 0 fully saturated rings. The third-order valence-electron chi connectivity index (χ3n) is 2.64. The van der Waals surface area contributed by atoms with Gasteiger partial charge in [0.1, 0.15) is 0 Å². The van der Waals surface area contributed by atoms with Crippen molar-refractivity contribution in [2.24, 2.45) is 7.05 Å². The average Bonchev–Trinajstić information content (AvgIpc) is 2.56. The van der Waals surface area contributed by atoms with Crippen LogP contribution in [0.5, 0.6) is 0 Å². The zero-order valence-corrected chi connectivity index (χ0v) is 9.02. The Hall–Kier alpha value is -1.66. The van der Waals surface area contributed by atoms with Gasteiger partial charge in [-0.3, -0.25) is 0 Å². The van der Waals surface area contributed by atoms with Gasteiger partial charge in [-0.2, -0.15) is 26.3 Å². The topological polar surface area (TPSA) is 4.93 Å². The molecule has 7 heteroatoms. The minimum atomic E-state index is -4.82. The van der Waals surface area contributed by atoms with Crippen LogP contribution < -0.4 is 0 Å². The van der Waals surface area contributed by atoms with Gasteiger partial charge in [-0.15, -0.1) is 0 Å². The molecule has 0 aliphatic rings. The number of fused-ring (bicyclic) bond motifs is 1. The van der Waals surface area contributed by atoms with Gasteiger partial charge in [0, 0.05) is 24.1 Å². The van der Waals surface area contributed by atoms with Gasteiger partial charge in [0.15, 0.2) is 0 Å². The van der Waals surface area contributed by atoms with Crippen LogP contribution in [-0.4, -0.2) is 4.57 Å². The third-order valence-corrected chi connectivity index (χ3v) is 2.64. The first-order chi connectivity index (χ1) is 8.10. The molecule has 2 rings (SSSR count). The monoisotopic (exact) mass is 267 g/mol. The van der Waals surface area contributed by atoms with Gasteiger partial charge in [-0.05, 0) is 18.2 Å². The molecular weight excluding hydrogens is 260 g/mol. The van der Waals surface area contributed by atoms with Crippen LogP contribution in [0, 0.1) is 0 Å². The first-order valence-corrected chi connectivity index (χ1v) is 4.84. The standard InChI is InChI=1S/C11H7F6N/c1-18-3-2-7-8(11(15,16)17)4-6(5-9(7)18)10(12,13)14/h2-5H,1H3. The van der Waals surface area contributed by atoms with Crippen LogP contribution in [0.1, 0.15) is 11.1 Å². The highest BCUT2D eigenvalue weighted by atomic mass is 19.4. The molecule has 98 valence electrons. The normalized spacial score (nSPS) is 13.3. The summed E-state index contributed by atoms with van der Waals surface area (Å²) in [6, 6.07) is 2.01. The lowest BCUT2D eigenvalue weighted by molar-refractivity contribution is -0.142. The molecule has 1 nitrogen and oxygen atoms in total. The van der Waals surface area contributed by atoms with Crippen LogP contribution in [-0.2, 0) is 19.4 Å². The highest BCUT2D eigenvalue weighted by molar-refractivity contribution is 5.85. The molecule has 0 saturated heterocycles. The fraction of sp³-hybridized carbons (Fsp3) is 0.273. The van der Waals surface area contributed by atoms with Crippen molar-refractivity contribution in [1.29, 1.82) is 0 Å². The quantitative estimate of drug-likeness (QED) is 0.630. The smallest absolute Gasteiger partial charge is 0.351 e. The van der Waals surface area contributed by atoms with Crippen LogP contribution in [0.4, 0.5) is 26.3 Å². The molecule has 0 aliphatic heterocycles. The van der Waals surface area contributed by atoms with Crippen LogP contribution in [0.2, 0.25) is 0 Å². The molecule has 0 amide bonds. The van der Waals surface area contributed by atoms with Crippen molar-refractivity contribution >= 4 is 10.9 Å². The SMILES string of the molecule is Cn1ccc2c(C(F)(F)F)cc(C(F)(F)F)cc21. The number of rotatable bonds is 0. The fourth-order valence-electron chi connectivity index (χ4n) is 1.77. The Bertz CT molecular complexity index is 590. The van der Waals surface area contributed by atoms with Crippen molar-refractivity contribution in [1.82, 2.24) is 4.57 Å². The maximum absolute atomic E-state index is 12.7. The van der Waals surface area contributed by atoms with E-state index in [1.807, 2.05) is 0 Å². The molecule has 1 heterocycles. The number of nitrogens with zero attached hydrogens (tertiary/aromatic N) is 1. The second-order valence-corrected chi connectivity index (χ2v) is 3.88. The van der Waals surface area contributed by atoms with E-state index in [9.17, 15) is 26.3 Å². The molecule has 0 bridgehead atoms. The zero-order valence-electron chi connectivity index (χ0n) is 9.02. The summed E-state index contributed by atoms with van der Waals surface area (Å²) >= 11 is 0. The number of halogens is 6. The molecule has 0 aliphatic carbocycles. The average molecular weight is 267 g/mol. The van der Waals surface area contributed by atoms with E-state index < -0.39 is 23.5 Å². The molecule has 2 aromatic rings. The number of aryl methyl sites for hydroxylation is 1. The van der Waals surface area contributed by atoms with Gasteiger partial charge in [-0.25, -0.2) is 0 Å². The van der Waals surface area contributed by atoms with Gasteiger partial charge >= 0.3 is 12.4 Å². The van der Waals surface area contributed by atoms with Crippen molar-refractivity contribution in [2.75, 3.05) is 0 Å². The fourth-order valence-corrected chi connectivity index (χ4v) is 1.77. The first kappa shape index (κ1) is 12.8. The second-order valence-electron chi connectivity index (χ2n) is 3.88. The van der Waals surface area contributed by atoms with Crippen LogP contribution >= 0.6 is 0 Å². The van der Waals surface area contributed by atoms with E-state index >= 15 is 0 Å². The summed E-state index contributed by atoms with van der Waals surface area (Å²) in [5, 5.41) is -0.238. The Balaban J connectivity index is 2.83. The van der Waals surface area contributed by atoms with Crippen LogP contribution in [0.15, 0.2) is 24.4 Å². The maximum Gasteiger partial charge on any atom is 0.417 e. The Morgan fingerprint density at radius 2 is 1.56 bits per heavy atom. The summed E-state index contributed by atoms with van der Waals surface area (Å²) in [5.74, 6) is 0. The Morgan fingerprint density at radius 3 is 2.06 bits per heavy atom. The lowest BCUT2D eigenvalue weighted by Crippen LogP contribution is -2.11. The number of hydrogen-bond acceptors (Lipinski definition) is 0. The van der Waals surface area contributed by atoms with E-state index in [1.54, 1.807) is 0 Å². The molecule has 0 N–H and O–H groups in total. The number of alkyl halides is 6. The Morgan fingerprint density at radius 1 is 0.944 bits per heavy atom. The van der Waals surface area contributed by atoms with E-state index in [0.29, 0.717) is 6.07 Å². The van der Waals surface area contributed by atoms with Crippen molar-refractivity contribution in [3.05, 3.63) is 35.5 Å².